The van der Waals surface area contributed by atoms with Gasteiger partial charge in [-0.2, -0.15) is 11.8 Å². The van der Waals surface area contributed by atoms with E-state index in [1.54, 1.807) is 6.26 Å². The van der Waals surface area contributed by atoms with Gasteiger partial charge in [0.25, 0.3) is 0 Å². The summed E-state index contributed by atoms with van der Waals surface area (Å²) in [6.07, 6.45) is 3.11. The molecule has 1 aliphatic rings. The summed E-state index contributed by atoms with van der Waals surface area (Å²) in [4.78, 5) is 0. The van der Waals surface area contributed by atoms with Crippen molar-refractivity contribution in [3.63, 3.8) is 0 Å². The van der Waals surface area contributed by atoms with Gasteiger partial charge in [0.05, 0.1) is 12.0 Å². The van der Waals surface area contributed by atoms with E-state index in [0.29, 0.717) is 0 Å². The molecular weight excluding hydrogens is 182 g/mol. The average molecular weight is 197 g/mol. The fourth-order valence-corrected chi connectivity index (χ4v) is 2.50. The van der Waals surface area contributed by atoms with Gasteiger partial charge in [0.2, 0.25) is 0 Å². The number of aryl methyl sites for hydroxylation is 1. The normalized spacial score (nSPS) is 21.5. The molecule has 3 heteroatoms. The monoisotopic (exact) mass is 197 g/mol. The zero-order valence-electron chi connectivity index (χ0n) is 7.88. The molecule has 1 atom stereocenters. The van der Waals surface area contributed by atoms with Crippen molar-refractivity contribution in [2.24, 2.45) is 0 Å². The molecule has 1 unspecified atom stereocenters. The molecule has 72 valence electrons. The van der Waals surface area contributed by atoms with Gasteiger partial charge < -0.3 is 9.73 Å². The van der Waals surface area contributed by atoms with Gasteiger partial charge in [-0.15, -0.1) is 0 Å². The average Bonchev–Trinajstić information content (AvgIpc) is 2.42. The Morgan fingerprint density at radius 3 is 3.08 bits per heavy atom. The molecule has 2 heterocycles. The van der Waals surface area contributed by atoms with Gasteiger partial charge in [-0.3, -0.25) is 0 Å². The Hall–Kier alpha value is -0.410. The number of nitrogens with one attached hydrogen (secondary N) is 1. The van der Waals surface area contributed by atoms with E-state index < -0.39 is 0 Å². The highest BCUT2D eigenvalue weighted by atomic mass is 32.2. The first-order valence-corrected chi connectivity index (χ1v) is 5.86. The Bertz CT molecular complexity index is 268. The zero-order valence-corrected chi connectivity index (χ0v) is 8.69. The van der Waals surface area contributed by atoms with E-state index in [9.17, 15) is 0 Å². The van der Waals surface area contributed by atoms with Crippen LogP contribution in [0.3, 0.4) is 0 Å². The quantitative estimate of drug-likeness (QED) is 0.801. The summed E-state index contributed by atoms with van der Waals surface area (Å²) in [6, 6.07) is 2.78. The predicted molar refractivity (Wildman–Crippen MR) is 56.0 cm³/mol. The molecule has 0 radical (unpaired) electrons. The Balaban J connectivity index is 1.70. The van der Waals surface area contributed by atoms with E-state index in [4.69, 9.17) is 4.42 Å². The van der Waals surface area contributed by atoms with Gasteiger partial charge in [0.1, 0.15) is 5.76 Å². The molecular formula is C10H15NOS. The second kappa shape index (κ2) is 4.20. The van der Waals surface area contributed by atoms with Crippen LogP contribution in [0.1, 0.15) is 17.7 Å². The molecule has 1 aromatic heterocycles. The summed E-state index contributed by atoms with van der Waals surface area (Å²) >= 11 is 1.95. The van der Waals surface area contributed by atoms with Crippen LogP contribution < -0.4 is 5.32 Å². The van der Waals surface area contributed by atoms with E-state index >= 15 is 0 Å². The highest BCUT2D eigenvalue weighted by Crippen LogP contribution is 2.19. The van der Waals surface area contributed by atoms with Crippen molar-refractivity contribution in [1.82, 2.24) is 5.32 Å². The minimum Gasteiger partial charge on any atom is -0.468 e. The van der Waals surface area contributed by atoms with Crippen LogP contribution in [0.5, 0.6) is 0 Å². The van der Waals surface area contributed by atoms with Crippen LogP contribution in [-0.4, -0.2) is 18.3 Å². The number of hydrogen-bond acceptors (Lipinski definition) is 3. The summed E-state index contributed by atoms with van der Waals surface area (Å²) in [5.41, 5.74) is 1.27. The number of rotatable bonds is 4. The Morgan fingerprint density at radius 2 is 2.54 bits per heavy atom. The molecule has 2 nitrogen and oxygen atoms in total. The van der Waals surface area contributed by atoms with Gasteiger partial charge in [-0.05, 0) is 31.5 Å². The van der Waals surface area contributed by atoms with Crippen LogP contribution >= 0.6 is 11.8 Å². The second-order valence-corrected chi connectivity index (χ2v) is 4.51. The highest BCUT2D eigenvalue weighted by molar-refractivity contribution is 7.98. The number of furan rings is 1. The first kappa shape index (κ1) is 9.16. The van der Waals surface area contributed by atoms with Gasteiger partial charge in [-0.1, -0.05) is 0 Å². The maximum atomic E-state index is 5.36. The van der Waals surface area contributed by atoms with Gasteiger partial charge in [0.15, 0.2) is 0 Å². The van der Waals surface area contributed by atoms with Crippen LogP contribution in [-0.2, 0) is 5.75 Å². The Morgan fingerprint density at radius 1 is 1.69 bits per heavy atom. The molecule has 0 aliphatic carbocycles. The Labute approximate surface area is 83.1 Å². The lowest BCUT2D eigenvalue weighted by molar-refractivity contribution is 0.405. The van der Waals surface area contributed by atoms with Gasteiger partial charge >= 0.3 is 0 Å². The third-order valence-electron chi connectivity index (χ3n) is 2.45. The van der Waals surface area contributed by atoms with Crippen molar-refractivity contribution in [3.8, 4) is 0 Å². The molecule has 13 heavy (non-hydrogen) atoms. The molecule has 1 N–H and O–H groups in total. The topological polar surface area (TPSA) is 25.2 Å². The van der Waals surface area contributed by atoms with E-state index in [0.717, 1.165) is 17.6 Å². The summed E-state index contributed by atoms with van der Waals surface area (Å²) in [5.74, 6) is 3.35. The van der Waals surface area contributed by atoms with Crippen LogP contribution in [0.15, 0.2) is 16.7 Å². The van der Waals surface area contributed by atoms with Crippen LogP contribution in [0, 0.1) is 6.92 Å². The summed E-state index contributed by atoms with van der Waals surface area (Å²) in [7, 11) is 0. The minimum atomic E-state index is 0.750. The summed E-state index contributed by atoms with van der Waals surface area (Å²) in [5, 5.41) is 3.39. The summed E-state index contributed by atoms with van der Waals surface area (Å²) in [6.45, 7) is 3.30. The first-order valence-electron chi connectivity index (χ1n) is 4.70. The third kappa shape index (κ3) is 2.29. The van der Waals surface area contributed by atoms with Crippen molar-refractivity contribution < 1.29 is 4.42 Å². The number of thioether (sulfide) groups is 1. The Kier molecular flexibility index (Phi) is 2.96. The first-order chi connectivity index (χ1) is 6.36. The van der Waals surface area contributed by atoms with Crippen LogP contribution in [0.4, 0.5) is 0 Å². The molecule has 1 fully saturated rings. The standard InChI is InChI=1S/C10H15NOS/c1-8-3-5-12-10(8)7-13-6-9-2-4-11-9/h3,5,9,11H,2,4,6-7H2,1H3. The molecule has 0 bridgehead atoms. The maximum Gasteiger partial charge on any atom is 0.116 e. The molecule has 1 aliphatic heterocycles. The lowest BCUT2D eigenvalue weighted by atomic mass is 10.1. The lowest BCUT2D eigenvalue weighted by Gasteiger charge is -2.26. The smallest absolute Gasteiger partial charge is 0.116 e. The fourth-order valence-electron chi connectivity index (χ4n) is 1.34. The van der Waals surface area contributed by atoms with Crippen LogP contribution in [0.25, 0.3) is 0 Å². The molecule has 0 spiro atoms. The van der Waals surface area contributed by atoms with E-state index in [1.807, 2.05) is 17.8 Å². The molecule has 1 aromatic rings. The molecule has 0 aromatic carbocycles. The van der Waals surface area contributed by atoms with Crippen LogP contribution in [0.2, 0.25) is 0 Å². The van der Waals surface area contributed by atoms with Crippen molar-refractivity contribution in [3.05, 3.63) is 23.7 Å². The van der Waals surface area contributed by atoms with Crippen molar-refractivity contribution in [2.75, 3.05) is 12.3 Å². The van der Waals surface area contributed by atoms with E-state index in [1.165, 1.54) is 24.3 Å². The lowest BCUT2D eigenvalue weighted by Crippen LogP contribution is -2.44. The van der Waals surface area contributed by atoms with Gasteiger partial charge in [0, 0.05) is 11.8 Å². The minimum absolute atomic E-state index is 0.750. The highest BCUT2D eigenvalue weighted by Gasteiger charge is 2.15. The third-order valence-corrected chi connectivity index (χ3v) is 3.55. The molecule has 2 rings (SSSR count). The van der Waals surface area contributed by atoms with E-state index in [-0.39, 0.29) is 0 Å². The van der Waals surface area contributed by atoms with Gasteiger partial charge in [-0.25, -0.2) is 0 Å². The second-order valence-electron chi connectivity index (χ2n) is 3.48. The molecule has 0 saturated carbocycles. The van der Waals surface area contributed by atoms with Crippen molar-refractivity contribution in [2.45, 2.75) is 25.1 Å². The number of hydrogen-bond donors (Lipinski definition) is 1. The predicted octanol–water partition coefficient (Wildman–Crippen LogP) is 2.18. The largest absolute Gasteiger partial charge is 0.468 e. The maximum absolute atomic E-state index is 5.36. The molecule has 1 saturated heterocycles. The van der Waals surface area contributed by atoms with Crippen molar-refractivity contribution in [1.29, 1.82) is 0 Å². The fraction of sp³-hybridized carbons (Fsp3) is 0.600. The molecule has 0 amide bonds. The summed E-state index contributed by atoms with van der Waals surface area (Å²) < 4.78 is 5.36. The van der Waals surface area contributed by atoms with Crippen molar-refractivity contribution >= 4 is 11.8 Å². The SMILES string of the molecule is Cc1ccoc1CSCC1CCN1. The zero-order chi connectivity index (χ0) is 9.10. The van der Waals surface area contributed by atoms with E-state index in [2.05, 4.69) is 12.2 Å².